The minimum atomic E-state index is -0.423. The van der Waals surface area contributed by atoms with Gasteiger partial charge in [-0.15, -0.1) is 0 Å². The number of hydrogen-bond donors (Lipinski definition) is 1. The maximum Gasteiger partial charge on any atom is 0.235 e. The Morgan fingerprint density at radius 3 is 2.71 bits per heavy atom. The summed E-state index contributed by atoms with van der Waals surface area (Å²) in [6.07, 6.45) is 4.60. The lowest BCUT2D eigenvalue weighted by Gasteiger charge is -2.35. The highest BCUT2D eigenvalue weighted by atomic mass is 35.5. The summed E-state index contributed by atoms with van der Waals surface area (Å²) in [7, 11) is 0. The number of fused-ring (bicyclic) bond motifs is 2. The molecule has 2 aliphatic rings. The van der Waals surface area contributed by atoms with Crippen LogP contribution in [-0.2, 0) is 10.2 Å². The highest BCUT2D eigenvalue weighted by Gasteiger charge is 2.48. The molecule has 4 nitrogen and oxygen atoms in total. The molecule has 24 heavy (non-hydrogen) atoms. The maximum absolute atomic E-state index is 12.6. The van der Waals surface area contributed by atoms with Crippen molar-refractivity contribution in [1.82, 2.24) is 4.98 Å². The van der Waals surface area contributed by atoms with Gasteiger partial charge in [0.25, 0.3) is 0 Å². The van der Waals surface area contributed by atoms with Crippen molar-refractivity contribution in [1.29, 1.82) is 0 Å². The summed E-state index contributed by atoms with van der Waals surface area (Å²) in [5.74, 6) is 0.503. The van der Waals surface area contributed by atoms with E-state index < -0.39 is 5.41 Å². The van der Waals surface area contributed by atoms with Crippen LogP contribution in [0.5, 0.6) is 5.88 Å². The van der Waals surface area contributed by atoms with Crippen LogP contribution in [0.3, 0.4) is 0 Å². The van der Waals surface area contributed by atoms with E-state index >= 15 is 0 Å². The molecule has 1 spiro atoms. The molecular weight excluding hydrogens is 347 g/mol. The van der Waals surface area contributed by atoms with Crippen LogP contribution >= 0.6 is 23.2 Å². The third-order valence-corrected chi connectivity index (χ3v) is 5.44. The molecule has 2 aromatic rings. The number of rotatable bonds is 2. The summed E-state index contributed by atoms with van der Waals surface area (Å²) in [6.45, 7) is 0. The summed E-state index contributed by atoms with van der Waals surface area (Å²) in [5.41, 5.74) is 1.62. The van der Waals surface area contributed by atoms with Crippen LogP contribution in [0.15, 0.2) is 36.5 Å². The van der Waals surface area contributed by atoms with E-state index in [0.717, 1.165) is 36.9 Å². The van der Waals surface area contributed by atoms with Gasteiger partial charge in [0.15, 0.2) is 0 Å². The van der Waals surface area contributed by atoms with Crippen molar-refractivity contribution >= 4 is 34.8 Å². The zero-order valence-electron chi connectivity index (χ0n) is 12.9. The number of nitrogens with one attached hydrogen (secondary N) is 1. The Morgan fingerprint density at radius 1 is 1.21 bits per heavy atom. The van der Waals surface area contributed by atoms with Gasteiger partial charge in [0.1, 0.15) is 11.1 Å². The van der Waals surface area contributed by atoms with Gasteiger partial charge in [-0.1, -0.05) is 41.4 Å². The van der Waals surface area contributed by atoms with Crippen molar-refractivity contribution < 1.29 is 9.53 Å². The van der Waals surface area contributed by atoms with Crippen LogP contribution in [0.1, 0.15) is 31.2 Å². The van der Waals surface area contributed by atoms with Crippen molar-refractivity contribution in [2.45, 2.75) is 37.2 Å². The van der Waals surface area contributed by atoms with Crippen molar-refractivity contribution in [3.8, 4) is 5.88 Å². The van der Waals surface area contributed by atoms with Gasteiger partial charge >= 0.3 is 0 Å². The number of benzene rings is 1. The van der Waals surface area contributed by atoms with Gasteiger partial charge in [-0.05, 0) is 43.4 Å². The van der Waals surface area contributed by atoms with Gasteiger partial charge in [-0.3, -0.25) is 4.79 Å². The summed E-state index contributed by atoms with van der Waals surface area (Å²) in [5, 5.41) is 3.90. The molecule has 0 unspecified atom stereocenters. The second-order valence-corrected chi connectivity index (χ2v) is 7.18. The van der Waals surface area contributed by atoms with Crippen LogP contribution in [0.25, 0.3) is 0 Å². The molecule has 0 atom stereocenters. The molecule has 1 aliphatic carbocycles. The number of hydrogen-bond acceptors (Lipinski definition) is 3. The van der Waals surface area contributed by atoms with E-state index in [1.165, 1.54) is 6.20 Å². The molecule has 0 bridgehead atoms. The summed E-state index contributed by atoms with van der Waals surface area (Å²) < 4.78 is 5.93. The lowest BCUT2D eigenvalue weighted by molar-refractivity contribution is -0.122. The minimum Gasteiger partial charge on any atom is -0.473 e. The summed E-state index contributed by atoms with van der Waals surface area (Å²) in [4.78, 5) is 16.7. The molecule has 6 heteroatoms. The minimum absolute atomic E-state index is 0.00219. The van der Waals surface area contributed by atoms with Gasteiger partial charge in [0.2, 0.25) is 11.8 Å². The average molecular weight is 363 g/mol. The Balaban J connectivity index is 1.50. The lowest BCUT2D eigenvalue weighted by Crippen LogP contribution is -2.40. The largest absolute Gasteiger partial charge is 0.473 e. The quantitative estimate of drug-likeness (QED) is 0.849. The second-order valence-electron chi connectivity index (χ2n) is 6.34. The molecular formula is C18H16Cl2N2O2. The zero-order chi connectivity index (χ0) is 16.7. The first-order valence-electron chi connectivity index (χ1n) is 7.97. The molecule has 0 saturated heterocycles. The molecule has 1 aliphatic heterocycles. The third kappa shape index (κ3) is 2.54. The number of ether oxygens (including phenoxy) is 1. The van der Waals surface area contributed by atoms with E-state index in [4.69, 9.17) is 27.9 Å². The van der Waals surface area contributed by atoms with E-state index in [0.29, 0.717) is 15.9 Å². The number of aromatic nitrogens is 1. The van der Waals surface area contributed by atoms with Crippen molar-refractivity contribution in [2.24, 2.45) is 0 Å². The van der Waals surface area contributed by atoms with Crippen LogP contribution < -0.4 is 10.1 Å². The standard InChI is InChI=1S/C18H16Cl2N2O2/c19-11-9-14(20)16(21-10-11)24-12-5-7-18(8-6-12)13-3-1-2-4-15(13)22-17(18)23/h1-4,9-10,12H,5-8H2,(H,22,23). The number of amides is 1. The van der Waals surface area contributed by atoms with Gasteiger partial charge in [-0.25, -0.2) is 4.98 Å². The first-order valence-corrected chi connectivity index (χ1v) is 8.73. The number of para-hydroxylation sites is 1. The van der Waals surface area contributed by atoms with Gasteiger partial charge in [-0.2, -0.15) is 0 Å². The predicted octanol–water partition coefficient (Wildman–Crippen LogP) is 4.60. The van der Waals surface area contributed by atoms with Crippen molar-refractivity contribution in [3.05, 3.63) is 52.1 Å². The Labute approximate surface area is 150 Å². The van der Waals surface area contributed by atoms with Crippen molar-refractivity contribution in [3.63, 3.8) is 0 Å². The molecule has 1 fully saturated rings. The predicted molar refractivity (Wildman–Crippen MR) is 93.9 cm³/mol. The molecule has 124 valence electrons. The van der Waals surface area contributed by atoms with Crippen LogP contribution in [0, 0.1) is 0 Å². The third-order valence-electron chi connectivity index (χ3n) is 4.96. The van der Waals surface area contributed by atoms with Crippen LogP contribution in [0.4, 0.5) is 5.69 Å². The normalized spacial score (nSPS) is 25.4. The number of halogens is 2. The highest BCUT2D eigenvalue weighted by molar-refractivity contribution is 6.35. The number of nitrogens with zero attached hydrogens (tertiary/aromatic N) is 1. The molecule has 2 heterocycles. The van der Waals surface area contributed by atoms with E-state index in [1.807, 2.05) is 24.3 Å². The summed E-state index contributed by atoms with van der Waals surface area (Å²) in [6, 6.07) is 9.56. The van der Waals surface area contributed by atoms with Crippen molar-refractivity contribution in [2.75, 3.05) is 5.32 Å². The Kier molecular flexibility index (Phi) is 3.89. The smallest absolute Gasteiger partial charge is 0.235 e. The molecule has 1 aromatic carbocycles. The number of pyridine rings is 1. The highest BCUT2D eigenvalue weighted by Crippen LogP contribution is 2.47. The van der Waals surface area contributed by atoms with E-state index in [-0.39, 0.29) is 12.0 Å². The van der Waals surface area contributed by atoms with E-state index in [2.05, 4.69) is 10.3 Å². The number of anilines is 1. The van der Waals surface area contributed by atoms with Crippen LogP contribution in [0.2, 0.25) is 10.0 Å². The van der Waals surface area contributed by atoms with E-state index in [1.54, 1.807) is 6.07 Å². The zero-order valence-corrected chi connectivity index (χ0v) is 14.4. The van der Waals surface area contributed by atoms with Gasteiger partial charge < -0.3 is 10.1 Å². The fraction of sp³-hybridized carbons (Fsp3) is 0.333. The average Bonchev–Trinajstić information content (AvgIpc) is 2.84. The fourth-order valence-corrected chi connectivity index (χ4v) is 4.14. The maximum atomic E-state index is 12.6. The molecule has 1 saturated carbocycles. The molecule has 1 aromatic heterocycles. The Bertz CT molecular complexity index is 801. The molecule has 1 N–H and O–H groups in total. The first-order chi connectivity index (χ1) is 11.6. The Hall–Kier alpha value is -1.78. The van der Waals surface area contributed by atoms with Gasteiger partial charge in [0, 0.05) is 11.9 Å². The lowest BCUT2D eigenvalue weighted by atomic mass is 9.69. The Morgan fingerprint density at radius 2 is 1.96 bits per heavy atom. The first kappa shape index (κ1) is 15.7. The molecule has 1 amide bonds. The molecule has 0 radical (unpaired) electrons. The monoisotopic (exact) mass is 362 g/mol. The fourth-order valence-electron chi connectivity index (χ4n) is 3.72. The van der Waals surface area contributed by atoms with Gasteiger partial charge in [0.05, 0.1) is 10.4 Å². The topological polar surface area (TPSA) is 51.2 Å². The second kappa shape index (κ2) is 5.94. The molecule has 4 rings (SSSR count). The summed E-state index contributed by atoms with van der Waals surface area (Å²) >= 11 is 12.0. The van der Waals surface area contributed by atoms with E-state index in [9.17, 15) is 4.79 Å². The van der Waals surface area contributed by atoms with Crippen LogP contribution in [-0.4, -0.2) is 17.0 Å². The number of carbonyl (C=O) groups is 1. The number of carbonyl (C=O) groups excluding carboxylic acids is 1. The SMILES string of the molecule is O=C1Nc2ccccc2C12CCC(Oc1ncc(Cl)cc1Cl)CC2.